The van der Waals surface area contributed by atoms with E-state index in [9.17, 15) is 13.6 Å². The van der Waals surface area contributed by atoms with E-state index in [-0.39, 0.29) is 22.5 Å². The van der Waals surface area contributed by atoms with E-state index in [1.54, 1.807) is 0 Å². The smallest absolute Gasteiger partial charge is 0.232 e. The standard InChI is InChI=1S/C14H17ClF2N2O/c1-8(2)14(3-4-18-7-14)13(20)19-12-10(15)5-9(16)6-11(12)17/h5-6,8,18H,3-4,7H2,1-2H3,(H,19,20). The maximum Gasteiger partial charge on any atom is 0.232 e. The van der Waals surface area contributed by atoms with Crippen LogP contribution in [0.3, 0.4) is 0 Å². The summed E-state index contributed by atoms with van der Waals surface area (Å²) in [4.78, 5) is 12.5. The number of amides is 1. The average Bonchev–Trinajstić information content (AvgIpc) is 2.83. The second-order valence-corrected chi connectivity index (χ2v) is 5.84. The Labute approximate surface area is 121 Å². The first kappa shape index (κ1) is 15.2. The number of halogens is 3. The van der Waals surface area contributed by atoms with Crippen molar-refractivity contribution >= 4 is 23.2 Å². The van der Waals surface area contributed by atoms with Crippen LogP contribution in [0.15, 0.2) is 12.1 Å². The van der Waals surface area contributed by atoms with Crippen molar-refractivity contribution in [2.24, 2.45) is 11.3 Å². The van der Waals surface area contributed by atoms with Gasteiger partial charge in [0.1, 0.15) is 5.82 Å². The number of carbonyl (C=O) groups excluding carboxylic acids is 1. The Balaban J connectivity index is 2.28. The van der Waals surface area contributed by atoms with Crippen molar-refractivity contribution in [1.29, 1.82) is 0 Å². The third kappa shape index (κ3) is 2.65. The molecule has 0 aromatic heterocycles. The lowest BCUT2D eigenvalue weighted by Crippen LogP contribution is -2.42. The molecule has 1 amide bonds. The minimum Gasteiger partial charge on any atom is -0.322 e. The summed E-state index contributed by atoms with van der Waals surface area (Å²) >= 11 is 5.80. The fourth-order valence-corrected chi connectivity index (χ4v) is 2.80. The van der Waals surface area contributed by atoms with E-state index < -0.39 is 17.0 Å². The monoisotopic (exact) mass is 302 g/mol. The van der Waals surface area contributed by atoms with Crippen LogP contribution in [0.4, 0.5) is 14.5 Å². The molecule has 2 rings (SSSR count). The third-order valence-corrected chi connectivity index (χ3v) is 4.29. The Morgan fingerprint density at radius 1 is 1.45 bits per heavy atom. The van der Waals surface area contributed by atoms with Crippen LogP contribution >= 0.6 is 11.6 Å². The van der Waals surface area contributed by atoms with Gasteiger partial charge in [-0.15, -0.1) is 0 Å². The number of anilines is 1. The zero-order valence-corrected chi connectivity index (χ0v) is 12.2. The van der Waals surface area contributed by atoms with Gasteiger partial charge >= 0.3 is 0 Å². The fraction of sp³-hybridized carbons (Fsp3) is 0.500. The SMILES string of the molecule is CC(C)C1(C(=O)Nc2c(F)cc(F)cc2Cl)CCNC1. The maximum atomic E-state index is 13.7. The van der Waals surface area contributed by atoms with Crippen molar-refractivity contribution < 1.29 is 13.6 Å². The van der Waals surface area contributed by atoms with Crippen LogP contribution in [0.5, 0.6) is 0 Å². The van der Waals surface area contributed by atoms with Crippen LogP contribution < -0.4 is 10.6 Å². The summed E-state index contributed by atoms with van der Waals surface area (Å²) in [7, 11) is 0. The minimum absolute atomic E-state index is 0.0970. The Bertz CT molecular complexity index is 505. The van der Waals surface area contributed by atoms with Crippen LogP contribution in [-0.2, 0) is 4.79 Å². The molecule has 1 fully saturated rings. The highest BCUT2D eigenvalue weighted by Crippen LogP contribution is 2.36. The summed E-state index contributed by atoms with van der Waals surface area (Å²) in [6, 6.07) is 1.69. The fourth-order valence-electron chi connectivity index (χ4n) is 2.56. The highest BCUT2D eigenvalue weighted by atomic mass is 35.5. The molecule has 0 saturated carbocycles. The van der Waals surface area contributed by atoms with Gasteiger partial charge in [0.2, 0.25) is 5.91 Å². The van der Waals surface area contributed by atoms with Gasteiger partial charge < -0.3 is 10.6 Å². The van der Waals surface area contributed by atoms with Crippen LogP contribution in [0.1, 0.15) is 20.3 Å². The Morgan fingerprint density at radius 3 is 2.65 bits per heavy atom. The lowest BCUT2D eigenvalue weighted by atomic mass is 9.75. The van der Waals surface area contributed by atoms with E-state index in [0.717, 1.165) is 12.6 Å². The molecule has 1 unspecified atom stereocenters. The van der Waals surface area contributed by atoms with E-state index in [1.807, 2.05) is 13.8 Å². The molecule has 1 heterocycles. The van der Waals surface area contributed by atoms with Gasteiger partial charge in [-0.3, -0.25) is 4.79 Å². The van der Waals surface area contributed by atoms with Crippen molar-refractivity contribution in [3.63, 3.8) is 0 Å². The van der Waals surface area contributed by atoms with E-state index in [0.29, 0.717) is 19.0 Å². The molecular formula is C14H17ClF2N2O. The van der Waals surface area contributed by atoms with Gasteiger partial charge in [0.05, 0.1) is 16.1 Å². The van der Waals surface area contributed by atoms with Gasteiger partial charge in [0.15, 0.2) is 5.82 Å². The quantitative estimate of drug-likeness (QED) is 0.900. The van der Waals surface area contributed by atoms with Gasteiger partial charge in [-0.2, -0.15) is 0 Å². The molecule has 1 atom stereocenters. The zero-order valence-electron chi connectivity index (χ0n) is 11.4. The Hall–Kier alpha value is -1.20. The first-order valence-electron chi connectivity index (χ1n) is 6.53. The molecule has 1 aliphatic rings. The van der Waals surface area contributed by atoms with Crippen molar-refractivity contribution in [2.45, 2.75) is 20.3 Å². The number of hydrogen-bond acceptors (Lipinski definition) is 2. The van der Waals surface area contributed by atoms with Gasteiger partial charge in [-0.1, -0.05) is 25.4 Å². The third-order valence-electron chi connectivity index (χ3n) is 3.99. The maximum absolute atomic E-state index is 13.7. The van der Waals surface area contributed by atoms with Gasteiger partial charge in [-0.05, 0) is 24.9 Å². The highest BCUT2D eigenvalue weighted by molar-refractivity contribution is 6.33. The first-order chi connectivity index (χ1) is 9.36. The van der Waals surface area contributed by atoms with Crippen LogP contribution in [0.2, 0.25) is 5.02 Å². The lowest BCUT2D eigenvalue weighted by molar-refractivity contribution is -0.126. The molecule has 6 heteroatoms. The van der Waals surface area contributed by atoms with Crippen molar-refractivity contribution in [2.75, 3.05) is 18.4 Å². The number of hydrogen-bond donors (Lipinski definition) is 2. The van der Waals surface area contributed by atoms with E-state index >= 15 is 0 Å². The largest absolute Gasteiger partial charge is 0.322 e. The van der Waals surface area contributed by atoms with E-state index in [4.69, 9.17) is 11.6 Å². The number of benzene rings is 1. The van der Waals surface area contributed by atoms with Gasteiger partial charge in [0, 0.05) is 12.6 Å². The van der Waals surface area contributed by atoms with Crippen molar-refractivity contribution in [3.8, 4) is 0 Å². The second kappa shape index (κ2) is 5.66. The zero-order chi connectivity index (χ0) is 14.9. The van der Waals surface area contributed by atoms with Gasteiger partial charge in [-0.25, -0.2) is 8.78 Å². The van der Waals surface area contributed by atoms with Gasteiger partial charge in [0.25, 0.3) is 0 Å². The summed E-state index contributed by atoms with van der Waals surface area (Å²) in [5.74, 6) is -1.83. The highest BCUT2D eigenvalue weighted by Gasteiger charge is 2.44. The molecule has 1 saturated heterocycles. The second-order valence-electron chi connectivity index (χ2n) is 5.44. The Morgan fingerprint density at radius 2 is 2.15 bits per heavy atom. The molecular weight excluding hydrogens is 286 g/mol. The Kier molecular flexibility index (Phi) is 4.30. The minimum atomic E-state index is -0.867. The summed E-state index contributed by atoms with van der Waals surface area (Å²) in [6.45, 7) is 5.19. The molecule has 0 spiro atoms. The van der Waals surface area contributed by atoms with Crippen LogP contribution in [0.25, 0.3) is 0 Å². The number of carbonyl (C=O) groups is 1. The molecule has 0 aliphatic carbocycles. The predicted molar refractivity (Wildman–Crippen MR) is 74.8 cm³/mol. The molecule has 1 aromatic rings. The first-order valence-corrected chi connectivity index (χ1v) is 6.91. The molecule has 0 radical (unpaired) electrons. The average molecular weight is 303 g/mol. The molecule has 110 valence electrons. The molecule has 0 bridgehead atoms. The summed E-state index contributed by atoms with van der Waals surface area (Å²) in [5.41, 5.74) is -0.755. The molecule has 1 aromatic carbocycles. The number of nitrogens with one attached hydrogen (secondary N) is 2. The molecule has 3 nitrogen and oxygen atoms in total. The molecule has 20 heavy (non-hydrogen) atoms. The van der Waals surface area contributed by atoms with Crippen molar-refractivity contribution in [3.05, 3.63) is 28.8 Å². The van der Waals surface area contributed by atoms with Crippen LogP contribution in [-0.4, -0.2) is 19.0 Å². The topological polar surface area (TPSA) is 41.1 Å². The molecule has 2 N–H and O–H groups in total. The summed E-state index contributed by atoms with van der Waals surface area (Å²) < 4.78 is 26.7. The summed E-state index contributed by atoms with van der Waals surface area (Å²) in [6.07, 6.45) is 0.678. The van der Waals surface area contributed by atoms with Crippen molar-refractivity contribution in [1.82, 2.24) is 5.32 Å². The normalized spacial score (nSPS) is 22.3. The van der Waals surface area contributed by atoms with E-state index in [1.165, 1.54) is 0 Å². The molecule has 1 aliphatic heterocycles. The number of rotatable bonds is 3. The predicted octanol–water partition coefficient (Wildman–Crippen LogP) is 3.19. The van der Waals surface area contributed by atoms with Crippen LogP contribution in [0, 0.1) is 23.0 Å². The lowest BCUT2D eigenvalue weighted by Gasteiger charge is -2.31. The van der Waals surface area contributed by atoms with E-state index in [2.05, 4.69) is 10.6 Å². The summed E-state index contributed by atoms with van der Waals surface area (Å²) in [5, 5.41) is 5.53.